The summed E-state index contributed by atoms with van der Waals surface area (Å²) in [5.41, 5.74) is 2.46. The summed E-state index contributed by atoms with van der Waals surface area (Å²) in [7, 11) is 3.27. The van der Waals surface area contributed by atoms with Gasteiger partial charge in [-0.25, -0.2) is 0 Å². The van der Waals surface area contributed by atoms with Crippen LogP contribution in [0.3, 0.4) is 0 Å². The first kappa shape index (κ1) is 20.2. The predicted molar refractivity (Wildman–Crippen MR) is 109 cm³/mol. The van der Waals surface area contributed by atoms with E-state index < -0.39 is 0 Å². The molecule has 3 rings (SSSR count). The van der Waals surface area contributed by atoms with Crippen LogP contribution in [0.25, 0.3) is 0 Å². The fourth-order valence-electron chi connectivity index (χ4n) is 3.62. The average molecular weight is 383 g/mol. The molecule has 0 saturated heterocycles. The molecule has 0 aromatic heterocycles. The van der Waals surface area contributed by atoms with Crippen LogP contribution in [-0.4, -0.2) is 26.2 Å². The Kier molecular flexibility index (Phi) is 6.93. The molecule has 0 aliphatic heterocycles. The van der Waals surface area contributed by atoms with Crippen molar-refractivity contribution in [3.05, 3.63) is 59.2 Å². The van der Waals surface area contributed by atoms with Crippen LogP contribution in [-0.2, 0) is 11.3 Å². The quantitative estimate of drug-likeness (QED) is 0.721. The fourth-order valence-corrected chi connectivity index (χ4v) is 3.62. The van der Waals surface area contributed by atoms with Crippen LogP contribution >= 0.6 is 0 Å². The molecule has 150 valence electrons. The molecule has 1 amide bonds. The molecule has 2 aromatic rings. The summed E-state index contributed by atoms with van der Waals surface area (Å²) in [6.07, 6.45) is 4.91. The lowest BCUT2D eigenvalue weighted by molar-refractivity contribution is 0.0935. The second kappa shape index (κ2) is 9.60. The number of carbonyl (C=O) groups excluding carboxylic acids is 1. The number of benzene rings is 2. The standard InChI is InChI=1S/C23H29NO4/c1-16(24-23(25)20-11-7-4-8-18(20)15-26-2)17-12-13-21(22(14-17)27-3)28-19-9-5-6-10-19/h4,7-8,11-14,16,19H,5-6,9-10,15H2,1-3H3,(H,24,25). The minimum absolute atomic E-state index is 0.120. The summed E-state index contributed by atoms with van der Waals surface area (Å²) in [4.78, 5) is 12.8. The van der Waals surface area contributed by atoms with Crippen molar-refractivity contribution in [2.75, 3.05) is 14.2 Å². The Morgan fingerprint density at radius 2 is 1.86 bits per heavy atom. The summed E-state index contributed by atoms with van der Waals surface area (Å²) in [5.74, 6) is 1.35. The molecule has 1 aliphatic carbocycles. The minimum atomic E-state index is -0.169. The largest absolute Gasteiger partial charge is 0.493 e. The molecule has 1 unspecified atom stereocenters. The smallest absolute Gasteiger partial charge is 0.252 e. The highest BCUT2D eigenvalue weighted by Gasteiger charge is 2.20. The zero-order chi connectivity index (χ0) is 19.9. The maximum atomic E-state index is 12.8. The maximum Gasteiger partial charge on any atom is 0.252 e. The van der Waals surface area contributed by atoms with Crippen LogP contribution in [0.2, 0.25) is 0 Å². The first-order valence-electron chi connectivity index (χ1n) is 9.84. The van der Waals surface area contributed by atoms with Gasteiger partial charge in [0, 0.05) is 12.7 Å². The number of rotatable bonds is 8. The molecule has 0 heterocycles. The van der Waals surface area contributed by atoms with Gasteiger partial charge in [0.15, 0.2) is 11.5 Å². The molecule has 0 spiro atoms. The zero-order valence-electron chi connectivity index (χ0n) is 16.9. The van der Waals surface area contributed by atoms with Crippen molar-refractivity contribution in [2.45, 2.75) is 51.4 Å². The predicted octanol–water partition coefficient (Wildman–Crippen LogP) is 4.65. The van der Waals surface area contributed by atoms with Gasteiger partial charge < -0.3 is 19.5 Å². The van der Waals surface area contributed by atoms with Crippen molar-refractivity contribution < 1.29 is 19.0 Å². The molecule has 1 fully saturated rings. The number of ether oxygens (including phenoxy) is 3. The van der Waals surface area contributed by atoms with E-state index in [2.05, 4.69) is 5.32 Å². The van der Waals surface area contributed by atoms with Crippen molar-refractivity contribution in [1.82, 2.24) is 5.32 Å². The molecule has 1 N–H and O–H groups in total. The maximum absolute atomic E-state index is 12.8. The summed E-state index contributed by atoms with van der Waals surface area (Å²) >= 11 is 0. The Labute approximate surface area is 167 Å². The fraction of sp³-hybridized carbons (Fsp3) is 0.435. The topological polar surface area (TPSA) is 56.8 Å². The third kappa shape index (κ3) is 4.84. The van der Waals surface area contributed by atoms with Gasteiger partial charge in [-0.15, -0.1) is 0 Å². The van der Waals surface area contributed by atoms with Crippen molar-refractivity contribution in [3.8, 4) is 11.5 Å². The van der Waals surface area contributed by atoms with E-state index in [0.29, 0.717) is 17.9 Å². The number of hydrogen-bond donors (Lipinski definition) is 1. The monoisotopic (exact) mass is 383 g/mol. The van der Waals surface area contributed by atoms with Gasteiger partial charge in [-0.2, -0.15) is 0 Å². The van der Waals surface area contributed by atoms with E-state index in [1.54, 1.807) is 14.2 Å². The first-order chi connectivity index (χ1) is 13.6. The van der Waals surface area contributed by atoms with Crippen molar-refractivity contribution in [3.63, 3.8) is 0 Å². The summed E-state index contributed by atoms with van der Waals surface area (Å²) in [5, 5.41) is 3.06. The molecule has 2 aromatic carbocycles. The lowest BCUT2D eigenvalue weighted by atomic mass is 10.0. The SMILES string of the molecule is COCc1ccccc1C(=O)NC(C)c1ccc(OC2CCCC2)c(OC)c1. The van der Waals surface area contributed by atoms with Gasteiger partial charge in [-0.3, -0.25) is 4.79 Å². The van der Waals surface area contributed by atoms with Gasteiger partial charge in [0.2, 0.25) is 0 Å². The van der Waals surface area contributed by atoms with Gasteiger partial charge in [-0.1, -0.05) is 24.3 Å². The number of hydrogen-bond acceptors (Lipinski definition) is 4. The highest BCUT2D eigenvalue weighted by molar-refractivity contribution is 5.95. The van der Waals surface area contributed by atoms with Crippen molar-refractivity contribution >= 4 is 5.91 Å². The second-order valence-corrected chi connectivity index (χ2v) is 7.22. The number of carbonyl (C=O) groups is 1. The molecule has 1 atom stereocenters. The summed E-state index contributed by atoms with van der Waals surface area (Å²) in [6, 6.07) is 13.2. The third-order valence-electron chi connectivity index (χ3n) is 5.19. The van der Waals surface area contributed by atoms with E-state index in [1.807, 2.05) is 49.4 Å². The first-order valence-corrected chi connectivity index (χ1v) is 9.84. The van der Waals surface area contributed by atoms with Crippen molar-refractivity contribution in [1.29, 1.82) is 0 Å². The highest BCUT2D eigenvalue weighted by atomic mass is 16.5. The molecule has 28 heavy (non-hydrogen) atoms. The zero-order valence-corrected chi connectivity index (χ0v) is 16.9. The van der Waals surface area contributed by atoms with Crippen LogP contribution in [0.1, 0.15) is 60.1 Å². The normalized spacial score (nSPS) is 15.2. The number of nitrogens with one attached hydrogen (secondary N) is 1. The average Bonchev–Trinajstić information content (AvgIpc) is 3.22. The highest BCUT2D eigenvalue weighted by Crippen LogP contribution is 2.33. The van der Waals surface area contributed by atoms with E-state index in [-0.39, 0.29) is 18.1 Å². The van der Waals surface area contributed by atoms with Gasteiger partial charge >= 0.3 is 0 Å². The Bertz CT molecular complexity index is 799. The molecule has 0 bridgehead atoms. The molecule has 5 heteroatoms. The van der Waals surface area contributed by atoms with E-state index >= 15 is 0 Å². The van der Waals surface area contributed by atoms with E-state index in [1.165, 1.54) is 12.8 Å². The molecule has 1 aliphatic rings. The second-order valence-electron chi connectivity index (χ2n) is 7.22. The van der Waals surface area contributed by atoms with Gasteiger partial charge in [0.05, 0.1) is 25.9 Å². The van der Waals surface area contributed by atoms with E-state index in [9.17, 15) is 4.79 Å². The molecule has 5 nitrogen and oxygen atoms in total. The molecular weight excluding hydrogens is 354 g/mol. The number of methoxy groups -OCH3 is 2. The Morgan fingerprint density at radius 1 is 1.11 bits per heavy atom. The Morgan fingerprint density at radius 3 is 2.57 bits per heavy atom. The third-order valence-corrected chi connectivity index (χ3v) is 5.19. The van der Waals surface area contributed by atoms with E-state index in [0.717, 1.165) is 29.7 Å². The minimum Gasteiger partial charge on any atom is -0.493 e. The molecule has 0 radical (unpaired) electrons. The Hall–Kier alpha value is -2.53. The van der Waals surface area contributed by atoms with Crippen LogP contribution in [0, 0.1) is 0 Å². The summed E-state index contributed by atoms with van der Waals surface area (Å²) in [6.45, 7) is 2.36. The summed E-state index contributed by atoms with van der Waals surface area (Å²) < 4.78 is 16.8. The van der Waals surface area contributed by atoms with Gasteiger partial charge in [0.25, 0.3) is 5.91 Å². The van der Waals surface area contributed by atoms with Crippen LogP contribution in [0.15, 0.2) is 42.5 Å². The van der Waals surface area contributed by atoms with Crippen LogP contribution < -0.4 is 14.8 Å². The lowest BCUT2D eigenvalue weighted by Gasteiger charge is -2.19. The van der Waals surface area contributed by atoms with Crippen LogP contribution in [0.5, 0.6) is 11.5 Å². The molecule has 1 saturated carbocycles. The lowest BCUT2D eigenvalue weighted by Crippen LogP contribution is -2.27. The van der Waals surface area contributed by atoms with E-state index in [4.69, 9.17) is 14.2 Å². The van der Waals surface area contributed by atoms with Gasteiger partial charge in [-0.05, 0) is 61.9 Å². The number of amides is 1. The van der Waals surface area contributed by atoms with Crippen molar-refractivity contribution in [2.24, 2.45) is 0 Å². The van der Waals surface area contributed by atoms with Gasteiger partial charge in [0.1, 0.15) is 0 Å². The van der Waals surface area contributed by atoms with Crippen LogP contribution in [0.4, 0.5) is 0 Å². The Balaban J connectivity index is 1.71. The molecular formula is C23H29NO4.